The monoisotopic (exact) mass is 851 g/mol. The Hall–Kier alpha value is -5.06. The molecule has 5 atom stereocenters. The van der Waals surface area contributed by atoms with Crippen LogP contribution in [0.15, 0.2) is 152 Å². The van der Waals surface area contributed by atoms with E-state index in [9.17, 15) is 0 Å². The number of unbranched alkanes of at least 4 members (excludes halogenated alkanes) is 2. The fourth-order valence-electron chi connectivity index (χ4n) is 7.23. The number of allylic oxidation sites excluding steroid dienone is 4. The van der Waals surface area contributed by atoms with E-state index < -0.39 is 0 Å². The van der Waals surface area contributed by atoms with E-state index in [0.717, 1.165) is 130 Å². The van der Waals surface area contributed by atoms with Gasteiger partial charge >= 0.3 is 0 Å². The molecule has 0 amide bonds. The normalized spacial score (nSPS) is 15.4. The highest BCUT2D eigenvalue weighted by molar-refractivity contribution is 5.26. The maximum atomic E-state index is 6.51. The number of nitrogens with two attached hydrogens (primary N) is 2. The first kappa shape index (κ1) is 53.1. The van der Waals surface area contributed by atoms with Crippen molar-refractivity contribution in [2.45, 2.75) is 97.1 Å². The third kappa shape index (κ3) is 22.7. The molecule has 10 nitrogen and oxygen atoms in total. The van der Waals surface area contributed by atoms with Crippen LogP contribution in [0.2, 0.25) is 0 Å². The van der Waals surface area contributed by atoms with Crippen molar-refractivity contribution in [3.63, 3.8) is 0 Å². The largest absolute Gasteiger partial charge is 0.391 e. The Labute approximate surface area is 377 Å². The van der Waals surface area contributed by atoms with E-state index in [1.165, 1.54) is 11.1 Å². The minimum Gasteiger partial charge on any atom is -0.391 e. The predicted octanol–water partition coefficient (Wildman–Crippen LogP) is 7.63. The molecule has 0 heterocycles. The average molecular weight is 851 g/mol. The fourth-order valence-corrected chi connectivity index (χ4v) is 7.23. The second-order valence-corrected chi connectivity index (χ2v) is 16.7. The first-order valence-corrected chi connectivity index (χ1v) is 23.1. The summed E-state index contributed by atoms with van der Waals surface area (Å²) in [4.78, 5) is 0. The molecule has 1 aromatic rings. The van der Waals surface area contributed by atoms with Gasteiger partial charge in [-0.15, -0.1) is 0 Å². The summed E-state index contributed by atoms with van der Waals surface area (Å²) in [6, 6.07) is 10.4. The summed E-state index contributed by atoms with van der Waals surface area (Å²) < 4.78 is 0. The number of likely N-dealkylation sites (N-methyl/N-ethyl adjacent to an activating group) is 1. The van der Waals surface area contributed by atoms with Gasteiger partial charge in [0, 0.05) is 90.5 Å². The zero-order chi connectivity index (χ0) is 45.5. The van der Waals surface area contributed by atoms with Gasteiger partial charge in [0.15, 0.2) is 0 Å². The highest BCUT2D eigenvalue weighted by Gasteiger charge is 2.18. The number of hydrogen-bond acceptors (Lipinski definition) is 10. The molecule has 0 saturated heterocycles. The van der Waals surface area contributed by atoms with Crippen LogP contribution in [0.3, 0.4) is 0 Å². The fraction of sp³-hybridized carbons (Fsp3) is 0.500. The lowest BCUT2D eigenvalue weighted by Crippen LogP contribution is -2.39. The van der Waals surface area contributed by atoms with E-state index in [1.54, 1.807) is 6.20 Å². The standard InChI is InChI=1S/C52H86N10/c1-11-21-50(38-60-44(9)51(54)33-47-28-26-39(4)27-29-47)61-36-41(6)62-52(45(10)56-13-3)25-18-20-31-57-40(5)35-58-42(7)48(24-17-19-30-55-12-2)37-59-43(8)49(34-53)32-46-22-15-14-16-23-46/h12,14-16,21-23,26,28-29,39,48-49,51-52,55-62H,2,5-11,13,17-20,24-25,27,30-38,53-54H2,1,3-4H3/b50-21-. The molecule has 1 aliphatic carbocycles. The highest BCUT2D eigenvalue weighted by atomic mass is 15.0. The van der Waals surface area contributed by atoms with E-state index in [-0.39, 0.29) is 23.9 Å². The minimum atomic E-state index is -0.147. The molecule has 344 valence electrons. The van der Waals surface area contributed by atoms with Crippen molar-refractivity contribution >= 4 is 0 Å². The summed E-state index contributed by atoms with van der Waals surface area (Å²) in [7, 11) is 0. The van der Waals surface area contributed by atoms with E-state index in [4.69, 9.17) is 11.5 Å². The quantitative estimate of drug-likeness (QED) is 0.0302. The van der Waals surface area contributed by atoms with Gasteiger partial charge in [-0.3, -0.25) is 0 Å². The van der Waals surface area contributed by atoms with Gasteiger partial charge in [-0.1, -0.05) is 127 Å². The Morgan fingerprint density at radius 1 is 0.758 bits per heavy atom. The average Bonchev–Trinajstić information content (AvgIpc) is 3.26. The van der Waals surface area contributed by atoms with Crippen molar-refractivity contribution in [2.24, 2.45) is 29.2 Å². The number of rotatable bonds is 38. The molecule has 5 unspecified atom stereocenters. The van der Waals surface area contributed by atoms with Crippen LogP contribution in [-0.2, 0) is 6.42 Å². The van der Waals surface area contributed by atoms with Gasteiger partial charge in [-0.05, 0) is 82.4 Å². The molecule has 0 bridgehead atoms. The summed E-state index contributed by atoms with van der Waals surface area (Å²) >= 11 is 0. The van der Waals surface area contributed by atoms with Crippen LogP contribution < -0.4 is 54.0 Å². The topological polar surface area (TPSA) is 148 Å². The lowest BCUT2D eigenvalue weighted by molar-refractivity contribution is 0.456. The zero-order valence-corrected chi connectivity index (χ0v) is 39.0. The third-order valence-electron chi connectivity index (χ3n) is 11.2. The smallest absolute Gasteiger partial charge is 0.0651 e. The van der Waals surface area contributed by atoms with Crippen molar-refractivity contribution in [2.75, 3.05) is 52.4 Å². The molecule has 0 saturated carbocycles. The molecule has 0 aliphatic heterocycles. The van der Waals surface area contributed by atoms with Crippen molar-refractivity contribution in [3.05, 3.63) is 158 Å². The summed E-state index contributed by atoms with van der Waals surface area (Å²) in [6.45, 7) is 42.0. The van der Waals surface area contributed by atoms with E-state index >= 15 is 0 Å². The van der Waals surface area contributed by atoms with Gasteiger partial charge in [-0.25, -0.2) is 0 Å². The molecular formula is C52H86N10. The van der Waals surface area contributed by atoms with Crippen LogP contribution in [0, 0.1) is 17.8 Å². The molecule has 0 spiro atoms. The number of nitrogens with one attached hydrogen (secondary N) is 8. The lowest BCUT2D eigenvalue weighted by Gasteiger charge is -2.26. The van der Waals surface area contributed by atoms with Crippen molar-refractivity contribution < 1.29 is 0 Å². The molecule has 0 aromatic heterocycles. The Morgan fingerprint density at radius 2 is 1.45 bits per heavy atom. The summed E-state index contributed by atoms with van der Waals surface area (Å²) in [5.74, 6) is 0.974. The van der Waals surface area contributed by atoms with Gasteiger partial charge in [0.1, 0.15) is 0 Å². The van der Waals surface area contributed by atoms with E-state index in [2.05, 4.69) is 158 Å². The van der Waals surface area contributed by atoms with Crippen LogP contribution >= 0.6 is 0 Å². The van der Waals surface area contributed by atoms with Crippen LogP contribution in [0.5, 0.6) is 0 Å². The van der Waals surface area contributed by atoms with Crippen molar-refractivity contribution in [1.82, 2.24) is 42.5 Å². The predicted molar refractivity (Wildman–Crippen MR) is 270 cm³/mol. The lowest BCUT2D eigenvalue weighted by atomic mass is 9.94. The van der Waals surface area contributed by atoms with Crippen LogP contribution in [0.25, 0.3) is 0 Å². The van der Waals surface area contributed by atoms with Crippen LogP contribution in [0.4, 0.5) is 0 Å². The molecule has 0 fully saturated rings. The van der Waals surface area contributed by atoms with Gasteiger partial charge < -0.3 is 54.0 Å². The van der Waals surface area contributed by atoms with Gasteiger partial charge in [-0.2, -0.15) is 0 Å². The van der Waals surface area contributed by atoms with Crippen LogP contribution in [0.1, 0.15) is 84.1 Å². The summed E-state index contributed by atoms with van der Waals surface area (Å²) in [5, 5.41) is 28.0. The summed E-state index contributed by atoms with van der Waals surface area (Å²) in [5.41, 5.74) is 22.0. The second kappa shape index (κ2) is 31.7. The Balaban J connectivity index is 1.80. The van der Waals surface area contributed by atoms with Gasteiger partial charge in [0.25, 0.3) is 0 Å². The Bertz CT molecular complexity index is 1620. The Kier molecular flexibility index (Phi) is 27.2. The van der Waals surface area contributed by atoms with Gasteiger partial charge in [0.2, 0.25) is 0 Å². The maximum Gasteiger partial charge on any atom is 0.0651 e. The zero-order valence-electron chi connectivity index (χ0n) is 39.0. The molecule has 2 rings (SSSR count). The second-order valence-electron chi connectivity index (χ2n) is 16.7. The van der Waals surface area contributed by atoms with Crippen molar-refractivity contribution in [3.8, 4) is 0 Å². The molecular weight excluding hydrogens is 765 g/mol. The first-order valence-electron chi connectivity index (χ1n) is 23.1. The van der Waals surface area contributed by atoms with Crippen molar-refractivity contribution in [1.29, 1.82) is 0 Å². The first-order chi connectivity index (χ1) is 29.9. The van der Waals surface area contributed by atoms with E-state index in [1.807, 2.05) is 6.07 Å². The molecule has 1 aromatic carbocycles. The SMILES string of the molecule is C=CNCCCCC(CNC(=C)C(CN)Cc1ccccc1)C(=C)NCC(=C)NCCCCC(NC(=C)CN/C(=C\CC)CNC(=C)C(N)CC1=CCC(C)C=C1)C(=C)NCC. The third-order valence-corrected chi connectivity index (χ3v) is 11.2. The Morgan fingerprint density at radius 3 is 2.13 bits per heavy atom. The van der Waals surface area contributed by atoms with Crippen LogP contribution in [-0.4, -0.2) is 64.4 Å². The molecule has 62 heavy (non-hydrogen) atoms. The highest BCUT2D eigenvalue weighted by Crippen LogP contribution is 2.21. The number of benzene rings is 1. The summed E-state index contributed by atoms with van der Waals surface area (Å²) in [6.07, 6.45) is 20.4. The number of hydrogen-bond donors (Lipinski definition) is 10. The molecule has 0 radical (unpaired) electrons. The molecule has 1 aliphatic rings. The minimum absolute atomic E-state index is 0.0609. The van der Waals surface area contributed by atoms with E-state index in [0.29, 0.717) is 32.1 Å². The molecule has 10 heteroatoms. The maximum absolute atomic E-state index is 6.51. The van der Waals surface area contributed by atoms with Gasteiger partial charge in [0.05, 0.1) is 25.7 Å². The molecule has 12 N–H and O–H groups in total.